The Kier molecular flexibility index (Phi) is 5.56. The van der Waals surface area contributed by atoms with Crippen LogP contribution in [0.15, 0.2) is 46.7 Å². The smallest absolute Gasteiger partial charge is 0.252 e. The normalized spacial score (nSPS) is 16.7. The minimum absolute atomic E-state index is 0.0820. The van der Waals surface area contributed by atoms with Crippen molar-refractivity contribution in [3.8, 4) is 0 Å². The van der Waals surface area contributed by atoms with Gasteiger partial charge in [0.05, 0.1) is 12.5 Å². The molecular weight excluding hydrogens is 356 g/mol. The van der Waals surface area contributed by atoms with E-state index in [2.05, 4.69) is 5.32 Å². The predicted octanol–water partition coefficient (Wildman–Crippen LogP) is 2.95. The Balaban J connectivity index is 1.62. The fourth-order valence-electron chi connectivity index (χ4n) is 2.92. The SMILES string of the molecule is C[C@H](NC(=O)Cc1ccc(S(=O)(=O)N2CCCC2)s1)c1ccccc1. The summed E-state index contributed by atoms with van der Waals surface area (Å²) in [6, 6.07) is 13.0. The molecule has 7 heteroatoms. The molecule has 2 aromatic rings. The monoisotopic (exact) mass is 378 g/mol. The molecule has 1 fully saturated rings. The number of hydrogen-bond acceptors (Lipinski definition) is 4. The maximum atomic E-state index is 12.5. The van der Waals surface area contributed by atoms with Crippen molar-refractivity contribution < 1.29 is 13.2 Å². The number of carbonyl (C=O) groups is 1. The van der Waals surface area contributed by atoms with Gasteiger partial charge in [-0.25, -0.2) is 8.42 Å². The Morgan fingerprint density at radius 2 is 1.84 bits per heavy atom. The van der Waals surface area contributed by atoms with Crippen LogP contribution in [0.1, 0.15) is 36.2 Å². The molecule has 0 radical (unpaired) electrons. The topological polar surface area (TPSA) is 66.5 Å². The lowest BCUT2D eigenvalue weighted by Gasteiger charge is -2.14. The molecule has 1 amide bonds. The van der Waals surface area contributed by atoms with E-state index < -0.39 is 10.0 Å². The molecule has 134 valence electrons. The largest absolute Gasteiger partial charge is 0.349 e. The molecule has 2 heterocycles. The van der Waals surface area contributed by atoms with Crippen LogP contribution in [-0.2, 0) is 21.2 Å². The number of thiophene rings is 1. The van der Waals surface area contributed by atoms with Crippen molar-refractivity contribution in [3.05, 3.63) is 52.9 Å². The van der Waals surface area contributed by atoms with E-state index in [-0.39, 0.29) is 18.4 Å². The van der Waals surface area contributed by atoms with Gasteiger partial charge in [-0.1, -0.05) is 30.3 Å². The summed E-state index contributed by atoms with van der Waals surface area (Å²) in [5.41, 5.74) is 1.04. The predicted molar refractivity (Wildman–Crippen MR) is 99.0 cm³/mol. The summed E-state index contributed by atoms with van der Waals surface area (Å²) in [6.07, 6.45) is 2.02. The third-order valence-corrected chi connectivity index (χ3v) is 7.76. The van der Waals surface area contributed by atoms with E-state index >= 15 is 0 Å². The number of rotatable bonds is 6. The van der Waals surface area contributed by atoms with Crippen molar-refractivity contribution in [1.29, 1.82) is 0 Å². The van der Waals surface area contributed by atoms with Crippen molar-refractivity contribution in [3.63, 3.8) is 0 Å². The third-order valence-electron chi connectivity index (χ3n) is 4.31. The molecule has 1 atom stereocenters. The van der Waals surface area contributed by atoms with Gasteiger partial charge in [0, 0.05) is 18.0 Å². The molecule has 0 unspecified atom stereocenters. The Morgan fingerprint density at radius 3 is 2.52 bits per heavy atom. The molecule has 1 N–H and O–H groups in total. The van der Waals surface area contributed by atoms with E-state index in [0.717, 1.165) is 23.3 Å². The van der Waals surface area contributed by atoms with Crippen LogP contribution in [0.4, 0.5) is 0 Å². The first kappa shape index (κ1) is 18.1. The number of carbonyl (C=O) groups excluding carboxylic acids is 1. The molecule has 0 aliphatic carbocycles. The second kappa shape index (κ2) is 7.68. The van der Waals surface area contributed by atoms with Crippen LogP contribution in [0.5, 0.6) is 0 Å². The van der Waals surface area contributed by atoms with Crippen molar-refractivity contribution in [2.75, 3.05) is 13.1 Å². The third kappa shape index (κ3) is 4.29. The van der Waals surface area contributed by atoms with Gasteiger partial charge in [0.1, 0.15) is 4.21 Å². The minimum atomic E-state index is -3.40. The van der Waals surface area contributed by atoms with Gasteiger partial charge in [0.2, 0.25) is 5.91 Å². The molecule has 1 aromatic carbocycles. The fourth-order valence-corrected chi connectivity index (χ4v) is 5.95. The fraction of sp³-hybridized carbons (Fsp3) is 0.389. The maximum absolute atomic E-state index is 12.5. The zero-order valence-electron chi connectivity index (χ0n) is 14.1. The quantitative estimate of drug-likeness (QED) is 0.840. The van der Waals surface area contributed by atoms with Gasteiger partial charge >= 0.3 is 0 Å². The Labute approximate surface area is 152 Å². The second-order valence-corrected chi connectivity index (χ2v) is 9.54. The molecule has 1 aliphatic rings. The van der Waals surface area contributed by atoms with E-state index in [1.165, 1.54) is 15.6 Å². The molecular formula is C18H22N2O3S2. The molecule has 5 nitrogen and oxygen atoms in total. The van der Waals surface area contributed by atoms with Gasteiger partial charge in [-0.3, -0.25) is 4.79 Å². The number of amides is 1. The van der Waals surface area contributed by atoms with E-state index in [1.54, 1.807) is 12.1 Å². The van der Waals surface area contributed by atoms with Crippen LogP contribution in [0.3, 0.4) is 0 Å². The Bertz CT molecular complexity index is 825. The number of sulfonamides is 1. The van der Waals surface area contributed by atoms with Crippen molar-refractivity contribution in [1.82, 2.24) is 9.62 Å². The molecule has 1 saturated heterocycles. The highest BCUT2D eigenvalue weighted by Crippen LogP contribution is 2.27. The lowest BCUT2D eigenvalue weighted by Crippen LogP contribution is -2.28. The highest BCUT2D eigenvalue weighted by molar-refractivity contribution is 7.91. The second-order valence-electron chi connectivity index (χ2n) is 6.21. The Morgan fingerprint density at radius 1 is 1.16 bits per heavy atom. The highest BCUT2D eigenvalue weighted by atomic mass is 32.2. The lowest BCUT2D eigenvalue weighted by atomic mass is 10.1. The first-order valence-electron chi connectivity index (χ1n) is 8.40. The average Bonchev–Trinajstić information content (AvgIpc) is 3.27. The Hall–Kier alpha value is -1.70. The van der Waals surface area contributed by atoms with Crippen molar-refractivity contribution in [2.24, 2.45) is 0 Å². The summed E-state index contributed by atoms with van der Waals surface area (Å²) in [4.78, 5) is 13.0. The van der Waals surface area contributed by atoms with Crippen LogP contribution in [-0.4, -0.2) is 31.7 Å². The van der Waals surface area contributed by atoms with Gasteiger partial charge in [-0.2, -0.15) is 4.31 Å². The molecule has 0 spiro atoms. The number of hydrogen-bond donors (Lipinski definition) is 1. The molecule has 3 rings (SSSR count). The van der Waals surface area contributed by atoms with Crippen molar-refractivity contribution in [2.45, 2.75) is 36.4 Å². The van der Waals surface area contributed by atoms with E-state index in [9.17, 15) is 13.2 Å². The standard InChI is InChI=1S/C18H22N2O3S2/c1-14(15-7-3-2-4-8-15)19-17(21)13-16-9-10-18(24-16)25(22,23)20-11-5-6-12-20/h2-4,7-10,14H,5-6,11-13H2,1H3,(H,19,21)/t14-/m0/s1. The summed E-state index contributed by atoms with van der Waals surface area (Å²) in [5.74, 6) is -0.108. The summed E-state index contributed by atoms with van der Waals surface area (Å²) < 4.78 is 26.9. The van der Waals surface area contributed by atoms with Crippen LogP contribution < -0.4 is 5.32 Å². The van der Waals surface area contributed by atoms with E-state index in [0.29, 0.717) is 17.3 Å². The van der Waals surface area contributed by atoms with E-state index in [1.807, 2.05) is 37.3 Å². The summed E-state index contributed by atoms with van der Waals surface area (Å²) in [6.45, 7) is 3.11. The number of nitrogens with one attached hydrogen (secondary N) is 1. The van der Waals surface area contributed by atoms with Gasteiger partial charge in [-0.15, -0.1) is 11.3 Å². The average molecular weight is 379 g/mol. The van der Waals surface area contributed by atoms with Gasteiger partial charge in [0.25, 0.3) is 10.0 Å². The number of benzene rings is 1. The molecule has 0 bridgehead atoms. The maximum Gasteiger partial charge on any atom is 0.252 e. The molecule has 0 saturated carbocycles. The zero-order valence-corrected chi connectivity index (χ0v) is 15.8. The van der Waals surface area contributed by atoms with E-state index in [4.69, 9.17) is 0 Å². The first-order valence-corrected chi connectivity index (χ1v) is 10.7. The summed E-state index contributed by atoms with van der Waals surface area (Å²) in [7, 11) is -3.40. The van der Waals surface area contributed by atoms with Crippen LogP contribution in [0.25, 0.3) is 0 Å². The number of nitrogens with zero attached hydrogens (tertiary/aromatic N) is 1. The first-order chi connectivity index (χ1) is 12.0. The molecule has 1 aromatic heterocycles. The summed E-state index contributed by atoms with van der Waals surface area (Å²) in [5, 5.41) is 2.96. The van der Waals surface area contributed by atoms with Crippen LogP contribution >= 0.6 is 11.3 Å². The lowest BCUT2D eigenvalue weighted by molar-refractivity contribution is -0.121. The minimum Gasteiger partial charge on any atom is -0.349 e. The van der Waals surface area contributed by atoms with Crippen molar-refractivity contribution >= 4 is 27.3 Å². The highest BCUT2D eigenvalue weighted by Gasteiger charge is 2.28. The molecule has 1 aliphatic heterocycles. The van der Waals surface area contributed by atoms with Gasteiger partial charge in [-0.05, 0) is 37.5 Å². The van der Waals surface area contributed by atoms with Crippen LogP contribution in [0.2, 0.25) is 0 Å². The van der Waals surface area contributed by atoms with Gasteiger partial charge in [0.15, 0.2) is 0 Å². The van der Waals surface area contributed by atoms with Crippen LogP contribution in [0, 0.1) is 0 Å². The zero-order chi connectivity index (χ0) is 17.9. The molecule has 25 heavy (non-hydrogen) atoms. The summed E-state index contributed by atoms with van der Waals surface area (Å²) >= 11 is 1.19. The van der Waals surface area contributed by atoms with Gasteiger partial charge < -0.3 is 5.32 Å².